The minimum atomic E-state index is -0.0649. The number of benzene rings is 1. The quantitative estimate of drug-likeness (QED) is 0.597. The fraction of sp³-hybridized carbons (Fsp3) is 0.111. The molecule has 1 heterocycles. The lowest BCUT2D eigenvalue weighted by atomic mass is 10.2. The van der Waals surface area contributed by atoms with Crippen LogP contribution in [0.15, 0.2) is 28.8 Å². The number of carbonyl (C=O) groups excluding carboxylic acids is 1. The van der Waals surface area contributed by atoms with Crippen molar-refractivity contribution in [1.29, 1.82) is 0 Å². The van der Waals surface area contributed by atoms with E-state index in [1.165, 1.54) is 0 Å². The van der Waals surface area contributed by atoms with Gasteiger partial charge < -0.3 is 4.52 Å². The van der Waals surface area contributed by atoms with Crippen molar-refractivity contribution in [2.24, 2.45) is 0 Å². The molecule has 2 aromatic rings. The number of nitrogens with zero attached hydrogens (tertiary/aromatic N) is 1. The maximum absolute atomic E-state index is 11.3. The molecule has 13 heavy (non-hydrogen) atoms. The zero-order chi connectivity index (χ0) is 9.26. The fourth-order valence-electron chi connectivity index (χ4n) is 1.15. The number of Topliss-reactive ketones (excluding diaryl/α,β-unsaturated/α-hetero) is 1. The second-order valence-corrected chi connectivity index (χ2v) is 3.14. The Morgan fingerprint density at radius 2 is 2.23 bits per heavy atom. The van der Waals surface area contributed by atoms with Crippen LogP contribution in [0.25, 0.3) is 11.0 Å². The van der Waals surface area contributed by atoms with E-state index in [1.54, 1.807) is 6.07 Å². The molecule has 0 atom stereocenters. The van der Waals surface area contributed by atoms with Crippen molar-refractivity contribution < 1.29 is 9.32 Å². The monoisotopic (exact) mass is 239 g/mol. The van der Waals surface area contributed by atoms with Crippen molar-refractivity contribution in [1.82, 2.24) is 5.16 Å². The number of hydrogen-bond acceptors (Lipinski definition) is 3. The third-order valence-electron chi connectivity index (χ3n) is 1.76. The molecule has 0 saturated carbocycles. The molecule has 0 radical (unpaired) electrons. The lowest BCUT2D eigenvalue weighted by Crippen LogP contribution is -2.00. The zero-order valence-corrected chi connectivity index (χ0v) is 8.24. The van der Waals surface area contributed by atoms with Gasteiger partial charge in [0.1, 0.15) is 0 Å². The molecule has 4 heteroatoms. The molecular formula is C9H6BrNO2. The standard InChI is InChI=1S/C9H6BrNO2/c10-5-7(12)9-6-3-1-2-4-8(6)13-11-9/h1-4H,5H2. The van der Waals surface area contributed by atoms with Gasteiger partial charge in [-0.15, -0.1) is 0 Å². The Morgan fingerprint density at radius 3 is 3.00 bits per heavy atom. The van der Waals surface area contributed by atoms with E-state index in [9.17, 15) is 4.79 Å². The van der Waals surface area contributed by atoms with E-state index in [-0.39, 0.29) is 11.1 Å². The molecule has 0 fully saturated rings. The Labute approximate surface area is 82.8 Å². The van der Waals surface area contributed by atoms with Gasteiger partial charge >= 0.3 is 0 Å². The molecule has 3 nitrogen and oxygen atoms in total. The molecule has 66 valence electrons. The van der Waals surface area contributed by atoms with Gasteiger partial charge in [-0.3, -0.25) is 4.79 Å². The number of para-hydroxylation sites is 1. The number of halogens is 1. The van der Waals surface area contributed by atoms with Gasteiger partial charge in [0.05, 0.1) is 10.7 Å². The van der Waals surface area contributed by atoms with E-state index < -0.39 is 0 Å². The molecule has 0 aliphatic carbocycles. The van der Waals surface area contributed by atoms with Crippen LogP contribution in [-0.4, -0.2) is 16.3 Å². The van der Waals surface area contributed by atoms with Crippen LogP contribution in [0.5, 0.6) is 0 Å². The van der Waals surface area contributed by atoms with Gasteiger partial charge in [-0.25, -0.2) is 0 Å². The molecule has 0 amide bonds. The lowest BCUT2D eigenvalue weighted by molar-refractivity contribution is 0.101. The minimum Gasteiger partial charge on any atom is -0.356 e. The minimum absolute atomic E-state index is 0.0649. The summed E-state index contributed by atoms with van der Waals surface area (Å²) in [6.07, 6.45) is 0. The Bertz CT molecular complexity index is 450. The predicted molar refractivity (Wildman–Crippen MR) is 52.1 cm³/mol. The first-order valence-corrected chi connectivity index (χ1v) is 4.88. The predicted octanol–water partition coefficient (Wildman–Crippen LogP) is 2.41. The summed E-state index contributed by atoms with van der Waals surface area (Å²) in [7, 11) is 0. The zero-order valence-electron chi connectivity index (χ0n) is 6.66. The van der Waals surface area contributed by atoms with Gasteiger partial charge in [-0.05, 0) is 12.1 Å². The first-order chi connectivity index (χ1) is 6.33. The molecule has 0 unspecified atom stereocenters. The number of hydrogen-bond donors (Lipinski definition) is 0. The Balaban J connectivity index is 2.64. The molecule has 0 spiro atoms. The molecule has 2 rings (SSSR count). The number of ketones is 1. The van der Waals surface area contributed by atoms with E-state index >= 15 is 0 Å². The maximum Gasteiger partial charge on any atom is 0.195 e. The molecule has 0 N–H and O–H groups in total. The van der Waals surface area contributed by atoms with Crippen LogP contribution in [0.3, 0.4) is 0 Å². The van der Waals surface area contributed by atoms with E-state index in [0.717, 1.165) is 5.39 Å². The summed E-state index contributed by atoms with van der Waals surface area (Å²) >= 11 is 3.09. The van der Waals surface area contributed by atoms with Gasteiger partial charge in [0, 0.05) is 0 Å². The highest BCUT2D eigenvalue weighted by Gasteiger charge is 2.13. The molecule has 1 aromatic carbocycles. The molecule has 1 aromatic heterocycles. The number of aromatic nitrogens is 1. The van der Waals surface area contributed by atoms with Crippen LogP contribution in [0, 0.1) is 0 Å². The maximum atomic E-state index is 11.3. The second kappa shape index (κ2) is 3.30. The summed E-state index contributed by atoms with van der Waals surface area (Å²) in [5.41, 5.74) is 1.04. The summed E-state index contributed by atoms with van der Waals surface area (Å²) in [4.78, 5) is 11.3. The smallest absolute Gasteiger partial charge is 0.195 e. The number of fused-ring (bicyclic) bond motifs is 1. The van der Waals surface area contributed by atoms with Gasteiger partial charge in [-0.1, -0.05) is 33.2 Å². The summed E-state index contributed by atoms with van der Waals surface area (Å²) < 4.78 is 4.98. The third kappa shape index (κ3) is 1.37. The Morgan fingerprint density at radius 1 is 1.46 bits per heavy atom. The first kappa shape index (κ1) is 8.44. The summed E-state index contributed by atoms with van der Waals surface area (Å²) in [6.45, 7) is 0. The summed E-state index contributed by atoms with van der Waals surface area (Å²) in [6, 6.07) is 7.30. The van der Waals surface area contributed by atoms with Crippen LogP contribution < -0.4 is 0 Å². The Hall–Kier alpha value is -1.16. The molecule has 0 saturated heterocycles. The SMILES string of the molecule is O=C(CBr)c1noc2ccccc12. The second-order valence-electron chi connectivity index (χ2n) is 2.58. The summed E-state index contributed by atoms with van der Waals surface area (Å²) in [5, 5.41) is 4.75. The number of carbonyl (C=O) groups is 1. The van der Waals surface area contributed by atoms with Gasteiger partial charge in [0.15, 0.2) is 17.1 Å². The Kier molecular flexibility index (Phi) is 2.14. The topological polar surface area (TPSA) is 43.1 Å². The number of alkyl halides is 1. The van der Waals surface area contributed by atoms with Crippen molar-refractivity contribution in [2.45, 2.75) is 0 Å². The molecule has 0 bridgehead atoms. The van der Waals surface area contributed by atoms with Crippen LogP contribution in [-0.2, 0) is 0 Å². The van der Waals surface area contributed by atoms with E-state index in [2.05, 4.69) is 21.1 Å². The van der Waals surface area contributed by atoms with Crippen molar-refractivity contribution in [3.8, 4) is 0 Å². The summed E-state index contributed by atoms with van der Waals surface area (Å²) in [5.74, 6) is -0.0649. The van der Waals surface area contributed by atoms with E-state index in [0.29, 0.717) is 11.3 Å². The van der Waals surface area contributed by atoms with Gasteiger partial charge in [0.25, 0.3) is 0 Å². The number of rotatable bonds is 2. The van der Waals surface area contributed by atoms with Gasteiger partial charge in [-0.2, -0.15) is 0 Å². The average molecular weight is 240 g/mol. The lowest BCUT2D eigenvalue weighted by Gasteiger charge is -1.88. The van der Waals surface area contributed by atoms with Crippen molar-refractivity contribution >= 4 is 32.7 Å². The van der Waals surface area contributed by atoms with Crippen molar-refractivity contribution in [3.05, 3.63) is 30.0 Å². The highest BCUT2D eigenvalue weighted by atomic mass is 79.9. The van der Waals surface area contributed by atoms with E-state index in [1.807, 2.05) is 18.2 Å². The fourth-order valence-corrected chi connectivity index (χ4v) is 1.42. The van der Waals surface area contributed by atoms with Crippen LogP contribution in [0.1, 0.15) is 10.5 Å². The van der Waals surface area contributed by atoms with Crippen molar-refractivity contribution in [2.75, 3.05) is 5.33 Å². The van der Waals surface area contributed by atoms with Crippen LogP contribution in [0.2, 0.25) is 0 Å². The molecule has 0 aliphatic rings. The highest BCUT2D eigenvalue weighted by molar-refractivity contribution is 9.09. The first-order valence-electron chi connectivity index (χ1n) is 3.76. The van der Waals surface area contributed by atoms with Crippen LogP contribution in [0.4, 0.5) is 0 Å². The van der Waals surface area contributed by atoms with E-state index in [4.69, 9.17) is 4.52 Å². The highest BCUT2D eigenvalue weighted by Crippen LogP contribution is 2.18. The molecule has 0 aliphatic heterocycles. The third-order valence-corrected chi connectivity index (χ3v) is 2.27. The average Bonchev–Trinajstić information content (AvgIpc) is 2.60. The molecular weight excluding hydrogens is 234 g/mol. The van der Waals surface area contributed by atoms with Gasteiger partial charge in [0.2, 0.25) is 0 Å². The van der Waals surface area contributed by atoms with Crippen molar-refractivity contribution in [3.63, 3.8) is 0 Å². The van der Waals surface area contributed by atoms with Crippen LogP contribution >= 0.6 is 15.9 Å². The largest absolute Gasteiger partial charge is 0.356 e. The normalized spacial score (nSPS) is 10.5.